The van der Waals surface area contributed by atoms with Crippen molar-refractivity contribution in [1.29, 1.82) is 0 Å². The summed E-state index contributed by atoms with van der Waals surface area (Å²) in [6.07, 6.45) is 25.5. The topological polar surface area (TPSA) is 178 Å². The van der Waals surface area contributed by atoms with Crippen LogP contribution in [-0.4, -0.2) is 97.5 Å². The van der Waals surface area contributed by atoms with Gasteiger partial charge in [0.05, 0.1) is 19.8 Å². The molecule has 1 heterocycles. The van der Waals surface area contributed by atoms with Crippen LogP contribution in [0.3, 0.4) is 0 Å². The summed E-state index contributed by atoms with van der Waals surface area (Å²) in [5.41, 5.74) is 0. The lowest BCUT2D eigenvalue weighted by Gasteiger charge is -2.41. The predicted octanol–water partition coefficient (Wildman–Crippen LogP) is 8.30. The van der Waals surface area contributed by atoms with E-state index in [2.05, 4.69) is 30.2 Å². The third-order valence-electron chi connectivity index (χ3n) is 9.89. The minimum absolute atomic E-state index is 0.0392. The number of hydrogen-bond donors (Lipinski definition) is 4. The molecule has 0 saturated carbocycles. The molecule has 4 N–H and O–H groups in total. The van der Waals surface area contributed by atoms with Gasteiger partial charge in [-0.3, -0.25) is 9.35 Å². The zero-order valence-corrected chi connectivity index (χ0v) is 34.6. The van der Waals surface area contributed by atoms with Crippen LogP contribution >= 0.6 is 0 Å². The predicted molar refractivity (Wildman–Crippen MR) is 211 cm³/mol. The van der Waals surface area contributed by atoms with Gasteiger partial charge in [0.15, 0.2) is 6.29 Å². The van der Waals surface area contributed by atoms with Crippen molar-refractivity contribution in [1.82, 2.24) is 0 Å². The van der Waals surface area contributed by atoms with Crippen molar-refractivity contribution in [2.24, 2.45) is 0 Å². The smallest absolute Gasteiger partial charge is 0.397 e. The van der Waals surface area contributed by atoms with Crippen LogP contribution in [0, 0.1) is 0 Å². The molecule has 0 aromatic carbocycles. The molecule has 0 amide bonds. The van der Waals surface area contributed by atoms with Crippen molar-refractivity contribution in [2.75, 3.05) is 26.4 Å². The number of aliphatic hydroxyl groups excluding tert-OH is 3. The molecule has 1 rings (SSSR count). The maximum absolute atomic E-state index is 12.8. The number of carbonyl (C=O) groups excluding carboxylic acids is 1. The first-order chi connectivity index (χ1) is 26.1. The lowest BCUT2D eigenvalue weighted by atomic mass is 9.99. The van der Waals surface area contributed by atoms with Gasteiger partial charge in [0.2, 0.25) is 0 Å². The maximum Gasteiger partial charge on any atom is 0.397 e. The number of hydrogen-bond acceptors (Lipinski definition) is 11. The van der Waals surface area contributed by atoms with E-state index in [-0.39, 0.29) is 19.6 Å². The highest BCUT2D eigenvalue weighted by atomic mass is 32.3. The van der Waals surface area contributed by atoms with Crippen molar-refractivity contribution < 1.29 is 56.2 Å². The van der Waals surface area contributed by atoms with E-state index in [1.165, 1.54) is 116 Å². The van der Waals surface area contributed by atoms with Crippen LogP contribution in [0.2, 0.25) is 0 Å². The van der Waals surface area contributed by atoms with Crippen molar-refractivity contribution in [3.8, 4) is 0 Å². The zero-order chi connectivity index (χ0) is 39.7. The third-order valence-corrected chi connectivity index (χ3v) is 10.4. The van der Waals surface area contributed by atoms with E-state index in [1.807, 2.05) is 0 Å². The molecule has 54 heavy (non-hydrogen) atoms. The Bertz CT molecular complexity index is 1010. The average Bonchev–Trinajstić information content (AvgIpc) is 3.14. The summed E-state index contributed by atoms with van der Waals surface area (Å²) in [6.45, 7) is 3.96. The second-order valence-corrected chi connectivity index (χ2v) is 16.0. The lowest BCUT2D eigenvalue weighted by molar-refractivity contribution is -0.301. The van der Waals surface area contributed by atoms with Gasteiger partial charge in [-0.15, -0.1) is 0 Å². The molecule has 0 spiro atoms. The molecular formula is C41H78O12S. The van der Waals surface area contributed by atoms with Gasteiger partial charge in [0.1, 0.15) is 30.5 Å². The minimum Gasteiger partial charge on any atom is -0.457 e. The van der Waals surface area contributed by atoms with E-state index in [1.54, 1.807) is 0 Å². The van der Waals surface area contributed by atoms with E-state index in [0.717, 1.165) is 38.5 Å². The Hall–Kier alpha value is -1.16. The highest BCUT2D eigenvalue weighted by Gasteiger charge is 2.48. The first kappa shape index (κ1) is 50.9. The Labute approximate surface area is 328 Å². The monoisotopic (exact) mass is 795 g/mol. The van der Waals surface area contributed by atoms with Crippen molar-refractivity contribution in [3.63, 3.8) is 0 Å². The summed E-state index contributed by atoms with van der Waals surface area (Å²) in [6, 6.07) is 0. The largest absolute Gasteiger partial charge is 0.457 e. The van der Waals surface area contributed by atoms with Crippen molar-refractivity contribution in [3.05, 3.63) is 12.2 Å². The summed E-state index contributed by atoms with van der Waals surface area (Å²) in [5.74, 6) is -0.401. The van der Waals surface area contributed by atoms with Crippen LogP contribution in [0.5, 0.6) is 0 Å². The number of esters is 1. The van der Waals surface area contributed by atoms with E-state index >= 15 is 0 Å². The van der Waals surface area contributed by atoms with Crippen LogP contribution in [-0.2, 0) is 38.3 Å². The van der Waals surface area contributed by atoms with Crippen LogP contribution in [0.4, 0.5) is 0 Å². The second kappa shape index (κ2) is 33.9. The highest BCUT2D eigenvalue weighted by molar-refractivity contribution is 7.80. The summed E-state index contributed by atoms with van der Waals surface area (Å²) in [7, 11) is -5.05. The van der Waals surface area contributed by atoms with Crippen LogP contribution in [0.15, 0.2) is 12.2 Å². The number of unbranched alkanes of at least 4 members (excludes halogenated alkanes) is 22. The van der Waals surface area contributed by atoms with Crippen LogP contribution < -0.4 is 0 Å². The Kier molecular flexibility index (Phi) is 32.0. The molecule has 13 heteroatoms. The Morgan fingerprint density at radius 2 is 1.17 bits per heavy atom. The lowest BCUT2D eigenvalue weighted by Crippen LogP contribution is -2.60. The van der Waals surface area contributed by atoms with Gasteiger partial charge in [-0.25, -0.2) is 4.18 Å². The van der Waals surface area contributed by atoms with Gasteiger partial charge in [0.25, 0.3) is 0 Å². The fraction of sp³-hybridized carbons (Fsp3) is 0.927. The van der Waals surface area contributed by atoms with E-state index < -0.39 is 59.8 Å². The van der Waals surface area contributed by atoms with Gasteiger partial charge in [-0.05, 0) is 38.5 Å². The summed E-state index contributed by atoms with van der Waals surface area (Å²) < 4.78 is 58.8. The molecule has 0 aliphatic carbocycles. The molecule has 12 nitrogen and oxygen atoms in total. The standard InChI is InChI=1S/C41H78O12S/c1-3-5-7-9-11-13-14-15-16-17-18-19-20-21-22-23-24-26-28-30-37(43)51-35(33-49-31-29-27-25-12-10-8-6-4-2)34-50-41-39(45)40(53-54(46,47)48)38(44)36(32-42)52-41/h15-16,35-36,38-42,44-45H,3-14,17-34H2,1-2H3,(H,46,47,48)/b16-15-. The van der Waals surface area contributed by atoms with Crippen molar-refractivity contribution >= 4 is 16.4 Å². The molecular weight excluding hydrogens is 717 g/mol. The molecule has 0 aromatic rings. The Morgan fingerprint density at radius 1 is 0.685 bits per heavy atom. The fourth-order valence-electron chi connectivity index (χ4n) is 6.61. The fourth-order valence-corrected chi connectivity index (χ4v) is 7.12. The van der Waals surface area contributed by atoms with Gasteiger partial charge >= 0.3 is 16.4 Å². The van der Waals surface area contributed by atoms with Crippen molar-refractivity contribution in [2.45, 2.75) is 218 Å². The van der Waals surface area contributed by atoms with Gasteiger partial charge < -0.3 is 34.3 Å². The van der Waals surface area contributed by atoms with E-state index in [0.29, 0.717) is 13.0 Å². The molecule has 1 fully saturated rings. The molecule has 0 radical (unpaired) electrons. The normalized spacial score (nSPS) is 21.2. The molecule has 1 saturated heterocycles. The quantitative estimate of drug-likeness (QED) is 0.0205. The maximum atomic E-state index is 12.8. The summed E-state index contributed by atoms with van der Waals surface area (Å²) in [4.78, 5) is 12.8. The zero-order valence-electron chi connectivity index (χ0n) is 33.8. The van der Waals surface area contributed by atoms with Gasteiger partial charge in [-0.2, -0.15) is 8.42 Å². The second-order valence-electron chi connectivity index (χ2n) is 14.9. The first-order valence-electron chi connectivity index (χ1n) is 21.4. The average molecular weight is 795 g/mol. The first-order valence-corrected chi connectivity index (χ1v) is 22.8. The number of carbonyl (C=O) groups is 1. The molecule has 1 aliphatic rings. The number of rotatable bonds is 37. The summed E-state index contributed by atoms with van der Waals surface area (Å²) >= 11 is 0. The number of allylic oxidation sites excluding steroid dienone is 2. The minimum atomic E-state index is -5.05. The number of aliphatic hydroxyl groups is 3. The Morgan fingerprint density at radius 3 is 1.67 bits per heavy atom. The third kappa shape index (κ3) is 27.4. The summed E-state index contributed by atoms with van der Waals surface area (Å²) in [5, 5.41) is 30.5. The number of ether oxygens (including phenoxy) is 4. The van der Waals surface area contributed by atoms with Gasteiger partial charge in [-0.1, -0.05) is 148 Å². The Balaban J connectivity index is 2.38. The molecule has 0 aromatic heterocycles. The molecule has 6 atom stereocenters. The SMILES string of the molecule is CCCCCCCC/C=C\CCCCCCCCCCCC(=O)OC(COCCCCCCCCCC)COC1OC(CO)C(O)C(OS(=O)(=O)O)C1O. The highest BCUT2D eigenvalue weighted by Crippen LogP contribution is 2.26. The molecule has 6 unspecified atom stereocenters. The van der Waals surface area contributed by atoms with E-state index in [9.17, 15) is 28.5 Å². The van der Waals surface area contributed by atoms with Crippen LogP contribution in [0.1, 0.15) is 181 Å². The van der Waals surface area contributed by atoms with Gasteiger partial charge in [0, 0.05) is 13.0 Å². The molecule has 0 bridgehead atoms. The van der Waals surface area contributed by atoms with Crippen LogP contribution in [0.25, 0.3) is 0 Å². The molecule has 320 valence electrons. The van der Waals surface area contributed by atoms with E-state index in [4.69, 9.17) is 23.5 Å². The molecule has 1 aliphatic heterocycles.